The summed E-state index contributed by atoms with van der Waals surface area (Å²) in [6.07, 6.45) is 1.42. The van der Waals surface area contributed by atoms with E-state index in [2.05, 4.69) is 26.1 Å². The number of rotatable bonds is 4. The van der Waals surface area contributed by atoms with Crippen LogP contribution in [0.5, 0.6) is 0 Å². The van der Waals surface area contributed by atoms with Crippen molar-refractivity contribution >= 4 is 39.1 Å². The van der Waals surface area contributed by atoms with Crippen molar-refractivity contribution < 1.29 is 4.52 Å². The van der Waals surface area contributed by atoms with E-state index in [9.17, 15) is 0 Å². The minimum atomic E-state index is 0.0967. The first-order valence-corrected chi connectivity index (χ1v) is 7.17. The second-order valence-corrected chi connectivity index (χ2v) is 5.79. The van der Waals surface area contributed by atoms with Gasteiger partial charge in [-0.25, -0.2) is 0 Å². The maximum absolute atomic E-state index is 6.10. The Kier molecular flexibility index (Phi) is 4.65. The van der Waals surface area contributed by atoms with Crippen LogP contribution in [0.25, 0.3) is 0 Å². The molecule has 18 heavy (non-hydrogen) atoms. The minimum absolute atomic E-state index is 0.0967. The Hall–Kier alpha value is -0.580. The molecule has 0 bridgehead atoms. The number of alkyl halides is 1. The molecule has 1 aromatic carbocycles. The number of nitrogens with zero attached hydrogens (tertiary/aromatic N) is 2. The Labute approximate surface area is 124 Å². The van der Waals surface area contributed by atoms with Crippen LogP contribution >= 0.6 is 39.1 Å². The van der Waals surface area contributed by atoms with Gasteiger partial charge in [0.25, 0.3) is 0 Å². The van der Waals surface area contributed by atoms with E-state index < -0.39 is 0 Å². The third kappa shape index (κ3) is 3.25. The van der Waals surface area contributed by atoms with Crippen LogP contribution in [0, 0.1) is 0 Å². The molecular formula is C12H11BrCl2N2O. The highest BCUT2D eigenvalue weighted by Crippen LogP contribution is 2.26. The number of hydrogen-bond acceptors (Lipinski definition) is 3. The van der Waals surface area contributed by atoms with Crippen molar-refractivity contribution in [1.29, 1.82) is 0 Å². The summed E-state index contributed by atoms with van der Waals surface area (Å²) >= 11 is 15.4. The fourth-order valence-electron chi connectivity index (χ4n) is 1.48. The first-order valence-electron chi connectivity index (χ1n) is 5.50. The van der Waals surface area contributed by atoms with Crippen LogP contribution in [0.2, 0.25) is 10.0 Å². The molecule has 3 nitrogen and oxygen atoms in total. The molecule has 0 fully saturated rings. The highest BCUT2D eigenvalue weighted by molar-refractivity contribution is 9.09. The first kappa shape index (κ1) is 13.8. The van der Waals surface area contributed by atoms with E-state index in [1.54, 1.807) is 12.1 Å². The average Bonchev–Trinajstić information content (AvgIpc) is 2.80. The summed E-state index contributed by atoms with van der Waals surface area (Å²) in [6, 6.07) is 5.37. The summed E-state index contributed by atoms with van der Waals surface area (Å²) in [6.45, 7) is 2.04. The molecule has 2 aromatic rings. The molecule has 0 saturated carbocycles. The Morgan fingerprint density at radius 1 is 1.39 bits per heavy atom. The Morgan fingerprint density at radius 3 is 2.83 bits per heavy atom. The quantitative estimate of drug-likeness (QED) is 0.743. The van der Waals surface area contributed by atoms with E-state index in [0.29, 0.717) is 28.2 Å². The maximum Gasteiger partial charge on any atom is 0.240 e. The predicted octanol–water partition coefficient (Wildman–Crippen LogP) is 4.81. The van der Waals surface area contributed by atoms with Gasteiger partial charge in [0.2, 0.25) is 5.89 Å². The van der Waals surface area contributed by atoms with E-state index in [1.807, 2.05) is 13.0 Å². The van der Waals surface area contributed by atoms with Crippen LogP contribution in [-0.2, 0) is 6.42 Å². The Balaban J connectivity index is 2.16. The van der Waals surface area contributed by atoms with Gasteiger partial charge in [-0.15, -0.1) is 0 Å². The van der Waals surface area contributed by atoms with Gasteiger partial charge in [0.15, 0.2) is 5.82 Å². The molecular weight excluding hydrogens is 339 g/mol. The summed E-state index contributed by atoms with van der Waals surface area (Å²) in [5.74, 6) is 1.21. The van der Waals surface area contributed by atoms with Gasteiger partial charge in [-0.1, -0.05) is 57.3 Å². The van der Waals surface area contributed by atoms with Crippen molar-refractivity contribution in [1.82, 2.24) is 10.1 Å². The summed E-state index contributed by atoms with van der Waals surface area (Å²) in [7, 11) is 0. The summed E-state index contributed by atoms with van der Waals surface area (Å²) in [5, 5.41) is 5.16. The Morgan fingerprint density at radius 2 is 2.17 bits per heavy atom. The number of halogens is 3. The number of hydrogen-bond donors (Lipinski definition) is 0. The third-order valence-corrected chi connectivity index (χ3v) is 4.10. The monoisotopic (exact) mass is 348 g/mol. The first-order chi connectivity index (χ1) is 8.60. The Bertz CT molecular complexity index is 545. The van der Waals surface area contributed by atoms with Crippen LogP contribution < -0.4 is 0 Å². The van der Waals surface area contributed by atoms with Gasteiger partial charge in [0.05, 0.1) is 4.83 Å². The van der Waals surface area contributed by atoms with Gasteiger partial charge in [-0.2, -0.15) is 4.98 Å². The van der Waals surface area contributed by atoms with Crippen molar-refractivity contribution in [2.45, 2.75) is 24.6 Å². The van der Waals surface area contributed by atoms with Crippen molar-refractivity contribution in [2.75, 3.05) is 0 Å². The molecule has 2 rings (SSSR count). The van der Waals surface area contributed by atoms with Gasteiger partial charge in [-0.3, -0.25) is 0 Å². The zero-order chi connectivity index (χ0) is 13.1. The van der Waals surface area contributed by atoms with Crippen LogP contribution in [0.3, 0.4) is 0 Å². The van der Waals surface area contributed by atoms with Gasteiger partial charge >= 0.3 is 0 Å². The summed E-state index contributed by atoms with van der Waals surface area (Å²) < 4.78 is 5.18. The molecule has 1 heterocycles. The zero-order valence-corrected chi connectivity index (χ0v) is 12.8. The third-order valence-electron chi connectivity index (χ3n) is 2.47. The van der Waals surface area contributed by atoms with E-state index in [1.165, 1.54) is 0 Å². The molecule has 0 aliphatic rings. The molecule has 6 heteroatoms. The maximum atomic E-state index is 6.10. The van der Waals surface area contributed by atoms with Gasteiger partial charge in [0.1, 0.15) is 0 Å². The highest BCUT2D eigenvalue weighted by atomic mass is 79.9. The average molecular weight is 350 g/mol. The van der Waals surface area contributed by atoms with Crippen LogP contribution in [0.4, 0.5) is 0 Å². The lowest BCUT2D eigenvalue weighted by Crippen LogP contribution is -1.93. The van der Waals surface area contributed by atoms with Gasteiger partial charge < -0.3 is 4.52 Å². The van der Waals surface area contributed by atoms with Crippen molar-refractivity contribution in [3.8, 4) is 0 Å². The van der Waals surface area contributed by atoms with Crippen LogP contribution in [0.15, 0.2) is 22.7 Å². The van der Waals surface area contributed by atoms with Crippen LogP contribution in [-0.4, -0.2) is 10.1 Å². The van der Waals surface area contributed by atoms with Gasteiger partial charge in [-0.05, 0) is 24.1 Å². The smallest absolute Gasteiger partial charge is 0.240 e. The molecule has 0 N–H and O–H groups in total. The number of aromatic nitrogens is 2. The van der Waals surface area contributed by atoms with Crippen molar-refractivity contribution in [2.24, 2.45) is 0 Å². The lowest BCUT2D eigenvalue weighted by atomic mass is 10.1. The van der Waals surface area contributed by atoms with Gasteiger partial charge in [0, 0.05) is 16.5 Å². The van der Waals surface area contributed by atoms with Crippen molar-refractivity contribution in [3.63, 3.8) is 0 Å². The largest absolute Gasteiger partial charge is 0.338 e. The lowest BCUT2D eigenvalue weighted by Gasteiger charge is -2.01. The predicted molar refractivity (Wildman–Crippen MR) is 75.5 cm³/mol. The molecule has 96 valence electrons. The SMILES string of the molecule is CCC(Br)c1nc(Cc2ccc(Cl)cc2Cl)no1. The minimum Gasteiger partial charge on any atom is -0.338 e. The molecule has 0 amide bonds. The standard InChI is InChI=1S/C12H11BrCl2N2O/c1-2-9(13)12-16-11(17-18-12)5-7-3-4-8(14)6-10(7)15/h3-4,6,9H,2,5H2,1H3. The molecule has 0 aliphatic heterocycles. The second kappa shape index (κ2) is 6.04. The molecule has 1 atom stereocenters. The fraction of sp³-hybridized carbons (Fsp3) is 0.333. The van der Waals surface area contributed by atoms with Crippen LogP contribution in [0.1, 0.15) is 35.5 Å². The van der Waals surface area contributed by atoms with Crippen molar-refractivity contribution in [3.05, 3.63) is 45.5 Å². The van der Waals surface area contributed by atoms with E-state index in [0.717, 1.165) is 12.0 Å². The molecule has 1 aromatic heterocycles. The fourth-order valence-corrected chi connectivity index (χ4v) is 2.14. The van der Waals surface area contributed by atoms with E-state index >= 15 is 0 Å². The molecule has 0 spiro atoms. The molecule has 0 saturated heterocycles. The summed E-state index contributed by atoms with van der Waals surface area (Å²) in [5.41, 5.74) is 0.927. The van der Waals surface area contributed by atoms with E-state index in [-0.39, 0.29) is 4.83 Å². The molecule has 0 aliphatic carbocycles. The highest BCUT2D eigenvalue weighted by Gasteiger charge is 2.14. The van der Waals surface area contributed by atoms with E-state index in [4.69, 9.17) is 27.7 Å². The normalized spacial score (nSPS) is 12.7. The number of benzene rings is 1. The molecule has 0 radical (unpaired) electrons. The lowest BCUT2D eigenvalue weighted by molar-refractivity contribution is 0.372. The summed E-state index contributed by atoms with van der Waals surface area (Å²) in [4.78, 5) is 4.42. The topological polar surface area (TPSA) is 38.9 Å². The molecule has 1 unspecified atom stereocenters. The second-order valence-electron chi connectivity index (χ2n) is 3.84. The zero-order valence-electron chi connectivity index (χ0n) is 9.66.